The van der Waals surface area contributed by atoms with Gasteiger partial charge in [0, 0.05) is 18.1 Å². The lowest BCUT2D eigenvalue weighted by atomic mass is 10.2. The van der Waals surface area contributed by atoms with Gasteiger partial charge >= 0.3 is 0 Å². The van der Waals surface area contributed by atoms with E-state index in [0.29, 0.717) is 23.4 Å². The van der Waals surface area contributed by atoms with Gasteiger partial charge < -0.3 is 9.63 Å². The predicted molar refractivity (Wildman–Crippen MR) is 58.9 cm³/mol. The Morgan fingerprint density at radius 3 is 3.20 bits per heavy atom. The fourth-order valence-corrected chi connectivity index (χ4v) is 2.98. The molecule has 0 saturated carbocycles. The van der Waals surface area contributed by atoms with E-state index in [1.165, 1.54) is 18.6 Å². The first-order valence-corrected chi connectivity index (χ1v) is 6.40. The molecule has 2 unspecified atom stereocenters. The van der Waals surface area contributed by atoms with Crippen molar-refractivity contribution in [1.29, 1.82) is 0 Å². The van der Waals surface area contributed by atoms with Crippen LogP contribution in [-0.4, -0.2) is 32.4 Å². The Labute approximate surface area is 93.4 Å². The highest BCUT2D eigenvalue weighted by atomic mass is 32.2. The molecule has 1 aromatic heterocycles. The highest BCUT2D eigenvalue weighted by molar-refractivity contribution is 8.00. The number of rotatable bonds is 4. The Morgan fingerprint density at radius 1 is 1.67 bits per heavy atom. The van der Waals surface area contributed by atoms with Crippen LogP contribution in [0.4, 0.5) is 0 Å². The van der Waals surface area contributed by atoms with Crippen molar-refractivity contribution in [1.82, 2.24) is 10.1 Å². The van der Waals surface area contributed by atoms with E-state index in [4.69, 9.17) is 4.52 Å². The minimum absolute atomic E-state index is 0.406. The van der Waals surface area contributed by atoms with Crippen LogP contribution in [0.1, 0.15) is 31.5 Å². The number of hydrogen-bond acceptors (Lipinski definition) is 5. The van der Waals surface area contributed by atoms with Crippen molar-refractivity contribution in [3.8, 4) is 0 Å². The minimum Gasteiger partial charge on any atom is -0.393 e. The lowest BCUT2D eigenvalue weighted by Crippen LogP contribution is -2.06. The van der Waals surface area contributed by atoms with Crippen molar-refractivity contribution in [3.63, 3.8) is 0 Å². The fraction of sp³-hybridized carbons (Fsp3) is 0.800. The molecule has 1 N–H and O–H groups in total. The van der Waals surface area contributed by atoms with Gasteiger partial charge in [0.2, 0.25) is 5.89 Å². The average Bonchev–Trinajstić information content (AvgIpc) is 2.77. The van der Waals surface area contributed by atoms with E-state index >= 15 is 0 Å². The largest absolute Gasteiger partial charge is 0.393 e. The van der Waals surface area contributed by atoms with Gasteiger partial charge in [-0.2, -0.15) is 16.7 Å². The van der Waals surface area contributed by atoms with Crippen LogP contribution in [0.2, 0.25) is 0 Å². The van der Waals surface area contributed by atoms with Gasteiger partial charge in [0.1, 0.15) is 0 Å². The maximum Gasteiger partial charge on any atom is 0.227 e. The third-order valence-corrected chi connectivity index (χ3v) is 3.81. The monoisotopic (exact) mass is 228 g/mol. The molecule has 15 heavy (non-hydrogen) atoms. The molecule has 84 valence electrons. The summed E-state index contributed by atoms with van der Waals surface area (Å²) >= 11 is 1.98. The highest BCUT2D eigenvalue weighted by Crippen LogP contribution is 2.28. The molecule has 2 rings (SSSR count). The normalized spacial score (nSPS) is 23.2. The van der Waals surface area contributed by atoms with Crippen LogP contribution < -0.4 is 0 Å². The fourth-order valence-electron chi connectivity index (χ4n) is 1.72. The van der Waals surface area contributed by atoms with Crippen molar-refractivity contribution in [3.05, 3.63) is 11.7 Å². The van der Waals surface area contributed by atoms with Gasteiger partial charge in [-0.05, 0) is 25.5 Å². The Balaban J connectivity index is 1.88. The number of thioether (sulfide) groups is 1. The van der Waals surface area contributed by atoms with Crippen LogP contribution in [0, 0.1) is 0 Å². The van der Waals surface area contributed by atoms with Crippen LogP contribution in [0.25, 0.3) is 0 Å². The maximum absolute atomic E-state index is 9.17. The zero-order valence-electron chi connectivity index (χ0n) is 8.85. The maximum atomic E-state index is 9.17. The summed E-state index contributed by atoms with van der Waals surface area (Å²) in [7, 11) is 0. The number of aliphatic hydroxyl groups excluding tert-OH is 1. The molecule has 2 atom stereocenters. The zero-order valence-corrected chi connectivity index (χ0v) is 9.66. The molecule has 0 amide bonds. The summed E-state index contributed by atoms with van der Waals surface area (Å²) in [5, 5.41) is 13.7. The Kier molecular flexibility index (Phi) is 3.64. The molecule has 0 aromatic carbocycles. The topological polar surface area (TPSA) is 59.2 Å². The zero-order chi connectivity index (χ0) is 10.7. The van der Waals surface area contributed by atoms with Crippen molar-refractivity contribution in [2.45, 2.75) is 44.0 Å². The third-order valence-electron chi connectivity index (χ3n) is 2.41. The molecule has 2 heterocycles. The standard InChI is InChI=1S/C10H16N2O2S/c1-7(13)5-9-11-10(14-12-9)6-8-3-2-4-15-8/h7-8,13H,2-6H2,1H3. The van der Waals surface area contributed by atoms with E-state index in [2.05, 4.69) is 10.1 Å². The summed E-state index contributed by atoms with van der Waals surface area (Å²) in [5.74, 6) is 2.58. The molecular weight excluding hydrogens is 212 g/mol. The predicted octanol–water partition coefficient (Wildman–Crippen LogP) is 1.43. The van der Waals surface area contributed by atoms with Crippen LogP contribution in [0.5, 0.6) is 0 Å². The van der Waals surface area contributed by atoms with Crippen molar-refractivity contribution in [2.75, 3.05) is 5.75 Å². The van der Waals surface area contributed by atoms with E-state index in [0.717, 1.165) is 6.42 Å². The first-order chi connectivity index (χ1) is 7.24. The van der Waals surface area contributed by atoms with E-state index in [9.17, 15) is 5.11 Å². The molecule has 4 nitrogen and oxygen atoms in total. The van der Waals surface area contributed by atoms with Gasteiger partial charge in [-0.3, -0.25) is 0 Å². The van der Waals surface area contributed by atoms with Crippen LogP contribution >= 0.6 is 11.8 Å². The van der Waals surface area contributed by atoms with Gasteiger partial charge in [0.25, 0.3) is 0 Å². The van der Waals surface area contributed by atoms with Crippen LogP contribution in [-0.2, 0) is 12.8 Å². The first kappa shape index (κ1) is 11.0. The quantitative estimate of drug-likeness (QED) is 0.844. The van der Waals surface area contributed by atoms with Gasteiger partial charge in [-0.25, -0.2) is 0 Å². The summed E-state index contributed by atoms with van der Waals surface area (Å²) in [4.78, 5) is 4.26. The Morgan fingerprint density at radius 2 is 2.53 bits per heavy atom. The Hall–Kier alpha value is -0.550. The molecule has 1 aliphatic heterocycles. The van der Waals surface area contributed by atoms with E-state index < -0.39 is 6.10 Å². The summed E-state index contributed by atoms with van der Waals surface area (Å²) < 4.78 is 5.14. The second-order valence-corrected chi connectivity index (χ2v) is 5.40. The van der Waals surface area contributed by atoms with E-state index in [-0.39, 0.29) is 0 Å². The molecule has 1 aromatic rings. The van der Waals surface area contributed by atoms with Crippen LogP contribution in [0.3, 0.4) is 0 Å². The van der Waals surface area contributed by atoms with Gasteiger partial charge in [0.05, 0.1) is 6.10 Å². The van der Waals surface area contributed by atoms with Gasteiger partial charge in [0.15, 0.2) is 5.82 Å². The second-order valence-electron chi connectivity index (χ2n) is 4.00. The summed E-state index contributed by atoms with van der Waals surface area (Å²) in [6.07, 6.45) is 3.48. The highest BCUT2D eigenvalue weighted by Gasteiger charge is 2.19. The minimum atomic E-state index is -0.406. The van der Waals surface area contributed by atoms with Gasteiger partial charge in [-0.15, -0.1) is 0 Å². The molecular formula is C10H16N2O2S. The van der Waals surface area contributed by atoms with Crippen molar-refractivity contribution in [2.24, 2.45) is 0 Å². The van der Waals surface area contributed by atoms with Crippen LogP contribution in [0.15, 0.2) is 4.52 Å². The van der Waals surface area contributed by atoms with Crippen molar-refractivity contribution >= 4 is 11.8 Å². The lowest BCUT2D eigenvalue weighted by molar-refractivity contribution is 0.191. The average molecular weight is 228 g/mol. The van der Waals surface area contributed by atoms with Gasteiger partial charge in [-0.1, -0.05) is 5.16 Å². The summed E-state index contributed by atoms with van der Waals surface area (Å²) in [6, 6.07) is 0. The smallest absolute Gasteiger partial charge is 0.227 e. The number of aromatic nitrogens is 2. The van der Waals surface area contributed by atoms with E-state index in [1.807, 2.05) is 11.8 Å². The molecule has 1 fully saturated rings. The lowest BCUT2D eigenvalue weighted by Gasteiger charge is -2.02. The summed E-state index contributed by atoms with van der Waals surface area (Å²) in [5.41, 5.74) is 0. The molecule has 1 aliphatic rings. The summed E-state index contributed by atoms with van der Waals surface area (Å²) in [6.45, 7) is 1.73. The molecule has 0 radical (unpaired) electrons. The number of aliphatic hydroxyl groups is 1. The molecule has 0 spiro atoms. The molecule has 0 bridgehead atoms. The molecule has 5 heteroatoms. The molecule has 1 saturated heterocycles. The molecule has 0 aliphatic carbocycles. The SMILES string of the molecule is CC(O)Cc1noc(CC2CCCS2)n1. The number of hydrogen-bond donors (Lipinski definition) is 1. The Bertz CT molecular complexity index is 308. The second kappa shape index (κ2) is 4.99. The first-order valence-electron chi connectivity index (χ1n) is 5.35. The third kappa shape index (κ3) is 3.21. The van der Waals surface area contributed by atoms with Crippen molar-refractivity contribution < 1.29 is 9.63 Å². The number of nitrogens with zero attached hydrogens (tertiary/aromatic N) is 2. The van der Waals surface area contributed by atoms with E-state index in [1.54, 1.807) is 6.92 Å².